The molecule has 2 rings (SSSR count). The lowest BCUT2D eigenvalue weighted by atomic mass is 9.95. The Hall–Kier alpha value is -1.09. The van der Waals surface area contributed by atoms with E-state index in [2.05, 4.69) is 0 Å². The summed E-state index contributed by atoms with van der Waals surface area (Å²) < 4.78 is 12.9. The molecule has 0 saturated heterocycles. The van der Waals surface area contributed by atoms with Gasteiger partial charge in [-0.2, -0.15) is 0 Å². The van der Waals surface area contributed by atoms with Gasteiger partial charge in [-0.15, -0.1) is 0 Å². The summed E-state index contributed by atoms with van der Waals surface area (Å²) in [5.74, 6) is -0.156. The number of nitrogens with two attached hydrogens (primary N) is 1. The molecule has 1 aromatic rings. The van der Waals surface area contributed by atoms with E-state index in [9.17, 15) is 9.50 Å². The topological polar surface area (TPSA) is 46.2 Å². The fraction of sp³-hybridized carbons (Fsp3) is 0.400. The van der Waals surface area contributed by atoms with Gasteiger partial charge < -0.3 is 10.8 Å². The van der Waals surface area contributed by atoms with Crippen molar-refractivity contribution < 1.29 is 9.50 Å². The Morgan fingerprint density at radius 2 is 2.15 bits per heavy atom. The zero-order valence-corrected chi connectivity index (χ0v) is 7.26. The highest BCUT2D eigenvalue weighted by atomic mass is 19.1. The SMILES string of the molecule is NCC1(c2cc(F)ccc2O)CC1. The second-order valence-electron chi connectivity index (χ2n) is 3.65. The molecule has 0 radical (unpaired) electrons. The fourth-order valence-corrected chi connectivity index (χ4v) is 1.67. The van der Waals surface area contributed by atoms with E-state index >= 15 is 0 Å². The minimum Gasteiger partial charge on any atom is -0.508 e. The van der Waals surface area contributed by atoms with Gasteiger partial charge in [0.2, 0.25) is 0 Å². The first-order valence-corrected chi connectivity index (χ1v) is 4.37. The summed E-state index contributed by atoms with van der Waals surface area (Å²) in [6, 6.07) is 4.03. The molecule has 0 atom stereocenters. The molecule has 0 heterocycles. The zero-order valence-electron chi connectivity index (χ0n) is 7.26. The Balaban J connectivity index is 2.44. The Kier molecular flexibility index (Phi) is 1.77. The summed E-state index contributed by atoms with van der Waals surface area (Å²) in [5.41, 5.74) is 6.10. The normalized spacial score (nSPS) is 18.6. The van der Waals surface area contributed by atoms with Gasteiger partial charge in [0.25, 0.3) is 0 Å². The van der Waals surface area contributed by atoms with Gasteiger partial charge in [0.1, 0.15) is 11.6 Å². The second kappa shape index (κ2) is 2.70. The first-order valence-electron chi connectivity index (χ1n) is 4.37. The molecule has 0 bridgehead atoms. The van der Waals surface area contributed by atoms with Gasteiger partial charge in [-0.3, -0.25) is 0 Å². The molecule has 0 aromatic heterocycles. The maximum absolute atomic E-state index is 12.9. The molecule has 0 amide bonds. The number of hydrogen-bond donors (Lipinski definition) is 2. The van der Waals surface area contributed by atoms with Crippen molar-refractivity contribution in [1.29, 1.82) is 0 Å². The van der Waals surface area contributed by atoms with Gasteiger partial charge >= 0.3 is 0 Å². The maximum atomic E-state index is 12.9. The van der Waals surface area contributed by atoms with Gasteiger partial charge in [-0.05, 0) is 31.0 Å². The van der Waals surface area contributed by atoms with Crippen molar-refractivity contribution in [3.8, 4) is 5.75 Å². The number of benzene rings is 1. The molecule has 1 saturated carbocycles. The smallest absolute Gasteiger partial charge is 0.123 e. The molecule has 13 heavy (non-hydrogen) atoms. The third-order valence-corrected chi connectivity index (χ3v) is 2.77. The molecule has 70 valence electrons. The molecule has 0 unspecified atom stereocenters. The first-order chi connectivity index (χ1) is 6.18. The Bertz CT molecular complexity index is 334. The summed E-state index contributed by atoms with van der Waals surface area (Å²) in [4.78, 5) is 0. The predicted octanol–water partition coefficient (Wildman–Crippen LogP) is 1.52. The van der Waals surface area contributed by atoms with Crippen LogP contribution in [0.2, 0.25) is 0 Å². The molecule has 1 aliphatic carbocycles. The Morgan fingerprint density at radius 3 is 2.69 bits per heavy atom. The number of phenols is 1. The van der Waals surface area contributed by atoms with Gasteiger partial charge in [0.15, 0.2) is 0 Å². The van der Waals surface area contributed by atoms with Crippen molar-refractivity contribution in [3.05, 3.63) is 29.6 Å². The molecule has 1 aromatic carbocycles. The standard InChI is InChI=1S/C10H12FNO/c11-7-1-2-9(13)8(5-7)10(6-12)3-4-10/h1-2,5,13H,3-4,6,12H2. The van der Waals surface area contributed by atoms with Crippen molar-refractivity contribution in [2.75, 3.05) is 6.54 Å². The van der Waals surface area contributed by atoms with Crippen molar-refractivity contribution in [3.63, 3.8) is 0 Å². The van der Waals surface area contributed by atoms with Crippen LogP contribution in [0, 0.1) is 5.82 Å². The van der Waals surface area contributed by atoms with E-state index in [1.807, 2.05) is 0 Å². The molecule has 0 spiro atoms. The minimum atomic E-state index is -0.312. The van der Waals surface area contributed by atoms with Crippen molar-refractivity contribution in [2.24, 2.45) is 5.73 Å². The maximum Gasteiger partial charge on any atom is 0.123 e. The van der Waals surface area contributed by atoms with Gasteiger partial charge in [0, 0.05) is 17.5 Å². The van der Waals surface area contributed by atoms with Crippen LogP contribution in [0.15, 0.2) is 18.2 Å². The molecule has 2 nitrogen and oxygen atoms in total. The number of hydrogen-bond acceptors (Lipinski definition) is 2. The highest BCUT2D eigenvalue weighted by Crippen LogP contribution is 2.50. The molecular formula is C10H12FNO. The van der Waals surface area contributed by atoms with E-state index in [-0.39, 0.29) is 17.0 Å². The predicted molar refractivity (Wildman–Crippen MR) is 48.0 cm³/mol. The lowest BCUT2D eigenvalue weighted by Crippen LogP contribution is -2.19. The third-order valence-electron chi connectivity index (χ3n) is 2.77. The summed E-state index contributed by atoms with van der Waals surface area (Å²) in [6.45, 7) is 0.476. The number of aromatic hydroxyl groups is 1. The lowest BCUT2D eigenvalue weighted by molar-refractivity contribution is 0.456. The lowest BCUT2D eigenvalue weighted by Gasteiger charge is -2.14. The summed E-state index contributed by atoms with van der Waals surface area (Å²) >= 11 is 0. The largest absolute Gasteiger partial charge is 0.508 e. The van der Waals surface area contributed by atoms with Crippen LogP contribution in [0.25, 0.3) is 0 Å². The minimum absolute atomic E-state index is 0.147. The molecule has 3 heteroatoms. The van der Waals surface area contributed by atoms with E-state index in [4.69, 9.17) is 5.73 Å². The van der Waals surface area contributed by atoms with E-state index in [1.54, 1.807) is 0 Å². The average molecular weight is 181 g/mol. The second-order valence-corrected chi connectivity index (χ2v) is 3.65. The van der Waals surface area contributed by atoms with Crippen molar-refractivity contribution in [1.82, 2.24) is 0 Å². The van der Waals surface area contributed by atoms with Gasteiger partial charge in [-0.1, -0.05) is 0 Å². The molecule has 3 N–H and O–H groups in total. The molecule has 1 fully saturated rings. The molecule has 1 aliphatic rings. The van der Waals surface area contributed by atoms with Crippen LogP contribution in [0.4, 0.5) is 4.39 Å². The van der Waals surface area contributed by atoms with E-state index < -0.39 is 0 Å². The molecular weight excluding hydrogens is 169 g/mol. The van der Waals surface area contributed by atoms with Crippen LogP contribution in [-0.2, 0) is 5.41 Å². The van der Waals surface area contributed by atoms with Crippen LogP contribution < -0.4 is 5.73 Å². The van der Waals surface area contributed by atoms with Crippen molar-refractivity contribution >= 4 is 0 Å². The number of halogens is 1. The fourth-order valence-electron chi connectivity index (χ4n) is 1.67. The Labute approximate surface area is 76.2 Å². The summed E-state index contributed by atoms with van der Waals surface area (Å²) in [6.07, 6.45) is 1.89. The van der Waals surface area contributed by atoms with Crippen LogP contribution in [0.3, 0.4) is 0 Å². The van der Waals surface area contributed by atoms with Crippen LogP contribution >= 0.6 is 0 Å². The quantitative estimate of drug-likeness (QED) is 0.726. The summed E-state index contributed by atoms with van der Waals surface area (Å²) in [7, 11) is 0. The van der Waals surface area contributed by atoms with Gasteiger partial charge in [0.05, 0.1) is 0 Å². The van der Waals surface area contributed by atoms with Crippen LogP contribution in [0.5, 0.6) is 5.75 Å². The van der Waals surface area contributed by atoms with Gasteiger partial charge in [-0.25, -0.2) is 4.39 Å². The number of phenolic OH excluding ortho intramolecular Hbond substituents is 1. The first kappa shape index (κ1) is 8.51. The highest BCUT2D eigenvalue weighted by molar-refractivity contribution is 5.42. The molecule has 0 aliphatic heterocycles. The average Bonchev–Trinajstić information content (AvgIpc) is 2.90. The highest BCUT2D eigenvalue weighted by Gasteiger charge is 2.44. The van der Waals surface area contributed by atoms with E-state index in [1.165, 1.54) is 18.2 Å². The Morgan fingerprint density at radius 1 is 1.46 bits per heavy atom. The third kappa shape index (κ3) is 1.29. The van der Waals surface area contributed by atoms with E-state index in [0.717, 1.165) is 12.8 Å². The van der Waals surface area contributed by atoms with Crippen LogP contribution in [0.1, 0.15) is 18.4 Å². The zero-order chi connectivity index (χ0) is 9.47. The summed E-state index contributed by atoms with van der Waals surface area (Å²) in [5, 5.41) is 9.52. The van der Waals surface area contributed by atoms with Crippen molar-refractivity contribution in [2.45, 2.75) is 18.3 Å². The van der Waals surface area contributed by atoms with Crippen LogP contribution in [-0.4, -0.2) is 11.7 Å². The monoisotopic (exact) mass is 181 g/mol. The van der Waals surface area contributed by atoms with E-state index in [0.29, 0.717) is 12.1 Å². The number of rotatable bonds is 2.